The van der Waals surface area contributed by atoms with Gasteiger partial charge in [-0.3, -0.25) is 4.90 Å². The van der Waals surface area contributed by atoms with Gasteiger partial charge < -0.3 is 14.9 Å². The first-order valence-electron chi connectivity index (χ1n) is 11.1. The normalized spacial score (nSPS) is 13.8. The van der Waals surface area contributed by atoms with Crippen molar-refractivity contribution in [3.8, 4) is 27.7 Å². The second-order valence-electron chi connectivity index (χ2n) is 8.36. The maximum atomic E-state index is 9.95. The van der Waals surface area contributed by atoms with E-state index in [4.69, 9.17) is 4.74 Å². The van der Waals surface area contributed by atoms with Crippen molar-refractivity contribution >= 4 is 33.8 Å². The largest absolute Gasteiger partial charge is 0.508 e. The summed E-state index contributed by atoms with van der Waals surface area (Å²) < 4.78 is 7.01. The van der Waals surface area contributed by atoms with Gasteiger partial charge in [-0.15, -0.1) is 23.7 Å². The highest BCUT2D eigenvalue weighted by molar-refractivity contribution is 7.22. The predicted molar refractivity (Wildman–Crippen MR) is 138 cm³/mol. The minimum absolute atomic E-state index is 0. The molecule has 5 rings (SSSR count). The van der Waals surface area contributed by atoms with Crippen LogP contribution in [0.25, 0.3) is 20.5 Å². The van der Waals surface area contributed by atoms with Crippen LogP contribution in [0, 0.1) is 0 Å². The molecule has 1 saturated heterocycles. The molecule has 2 heterocycles. The fraction of sp³-hybridized carbons (Fsp3) is 0.259. The van der Waals surface area contributed by atoms with Gasteiger partial charge in [-0.25, -0.2) is 0 Å². The number of thiophene rings is 1. The molecule has 0 bridgehead atoms. The van der Waals surface area contributed by atoms with E-state index in [0.717, 1.165) is 45.8 Å². The molecular formula is C27H28ClNO3S. The van der Waals surface area contributed by atoms with Gasteiger partial charge >= 0.3 is 0 Å². The molecule has 33 heavy (non-hydrogen) atoms. The molecule has 3 aromatic carbocycles. The zero-order chi connectivity index (χ0) is 21.9. The number of halogens is 1. The van der Waals surface area contributed by atoms with Crippen molar-refractivity contribution in [3.05, 3.63) is 77.9 Å². The molecule has 6 heteroatoms. The second kappa shape index (κ2) is 10.5. The highest BCUT2D eigenvalue weighted by atomic mass is 35.5. The first kappa shape index (κ1) is 23.4. The minimum atomic E-state index is 0. The van der Waals surface area contributed by atoms with E-state index in [-0.39, 0.29) is 23.9 Å². The maximum Gasteiger partial charge on any atom is 0.119 e. The van der Waals surface area contributed by atoms with Crippen LogP contribution in [0.3, 0.4) is 0 Å². The Bertz CT molecular complexity index is 1200. The topological polar surface area (TPSA) is 52.9 Å². The zero-order valence-electron chi connectivity index (χ0n) is 18.4. The van der Waals surface area contributed by atoms with Crippen LogP contribution < -0.4 is 4.74 Å². The van der Waals surface area contributed by atoms with Crippen LogP contribution in [0.2, 0.25) is 0 Å². The third kappa shape index (κ3) is 5.44. The standard InChI is InChI=1S/C27H27NO3S.ClH/c29-21-7-5-20(6-8-21)27-25(24-12-9-22(30)18-26(24)32-27)17-19-3-10-23(11-4-19)31-16-15-28-13-1-2-14-28;/h3-12,18,29-30H,1-2,13-17H2;1H. The molecule has 0 saturated carbocycles. The minimum Gasteiger partial charge on any atom is -0.508 e. The Balaban J connectivity index is 0.00000259. The highest BCUT2D eigenvalue weighted by Gasteiger charge is 2.15. The van der Waals surface area contributed by atoms with E-state index in [0.29, 0.717) is 0 Å². The van der Waals surface area contributed by atoms with Crippen LogP contribution in [0.5, 0.6) is 17.2 Å². The van der Waals surface area contributed by atoms with Gasteiger partial charge in [0.1, 0.15) is 23.9 Å². The van der Waals surface area contributed by atoms with Crippen LogP contribution in [0.1, 0.15) is 24.0 Å². The second-order valence-corrected chi connectivity index (χ2v) is 9.41. The zero-order valence-corrected chi connectivity index (χ0v) is 20.0. The van der Waals surface area contributed by atoms with E-state index in [2.05, 4.69) is 29.2 Å². The number of hydrogen-bond donors (Lipinski definition) is 2. The summed E-state index contributed by atoms with van der Waals surface area (Å²) in [7, 11) is 0. The first-order chi connectivity index (χ1) is 15.7. The number of rotatable bonds is 7. The molecule has 0 spiro atoms. The van der Waals surface area contributed by atoms with Gasteiger partial charge in [0.25, 0.3) is 0 Å². The van der Waals surface area contributed by atoms with Gasteiger partial charge in [0, 0.05) is 16.1 Å². The lowest BCUT2D eigenvalue weighted by Gasteiger charge is -2.15. The Kier molecular flexibility index (Phi) is 7.43. The van der Waals surface area contributed by atoms with Crippen LogP contribution >= 0.6 is 23.7 Å². The fourth-order valence-corrected chi connectivity index (χ4v) is 5.63. The summed E-state index contributed by atoms with van der Waals surface area (Å²) in [5, 5.41) is 20.8. The molecule has 1 aliphatic rings. The SMILES string of the molecule is Cl.Oc1ccc(-c2sc3cc(O)ccc3c2Cc2ccc(OCCN3CCCC3)cc2)cc1. The van der Waals surface area contributed by atoms with Crippen LogP contribution in [-0.4, -0.2) is 41.4 Å². The van der Waals surface area contributed by atoms with Gasteiger partial charge in [0.2, 0.25) is 0 Å². The number of fused-ring (bicyclic) bond motifs is 1. The van der Waals surface area contributed by atoms with Crippen LogP contribution in [0.15, 0.2) is 66.7 Å². The molecule has 4 aromatic rings. The smallest absolute Gasteiger partial charge is 0.119 e. The number of benzene rings is 3. The van der Waals surface area contributed by atoms with Gasteiger partial charge in [0.15, 0.2) is 0 Å². The Hall–Kier alpha value is -2.73. The van der Waals surface area contributed by atoms with Gasteiger partial charge in [-0.2, -0.15) is 0 Å². The molecule has 0 atom stereocenters. The van der Waals surface area contributed by atoms with Crippen molar-refractivity contribution in [2.24, 2.45) is 0 Å². The number of phenolic OH excluding ortho intramolecular Hbond substituents is 2. The molecule has 4 nitrogen and oxygen atoms in total. The number of ether oxygens (including phenoxy) is 1. The Labute approximate surface area is 204 Å². The first-order valence-corrected chi connectivity index (χ1v) is 12.0. The number of hydrogen-bond acceptors (Lipinski definition) is 5. The summed E-state index contributed by atoms with van der Waals surface area (Å²) in [5.41, 5.74) is 3.52. The summed E-state index contributed by atoms with van der Waals surface area (Å²) in [6.45, 7) is 4.10. The lowest BCUT2D eigenvalue weighted by molar-refractivity contribution is 0.238. The summed E-state index contributed by atoms with van der Waals surface area (Å²) in [6.07, 6.45) is 3.39. The lowest BCUT2D eigenvalue weighted by atomic mass is 9.99. The Morgan fingerprint density at radius 3 is 2.27 bits per heavy atom. The van der Waals surface area contributed by atoms with Crippen molar-refractivity contribution < 1.29 is 14.9 Å². The average Bonchev–Trinajstić information content (AvgIpc) is 3.43. The van der Waals surface area contributed by atoms with Crippen molar-refractivity contribution in [3.63, 3.8) is 0 Å². The molecule has 1 aliphatic heterocycles. The quantitative estimate of drug-likeness (QED) is 0.318. The maximum absolute atomic E-state index is 9.95. The molecule has 172 valence electrons. The van der Waals surface area contributed by atoms with E-state index < -0.39 is 0 Å². The predicted octanol–water partition coefficient (Wildman–Crippen LogP) is 6.47. The molecule has 0 unspecified atom stereocenters. The summed E-state index contributed by atoms with van der Waals surface area (Å²) in [5.74, 6) is 1.44. The lowest BCUT2D eigenvalue weighted by Crippen LogP contribution is -2.25. The van der Waals surface area contributed by atoms with Crippen LogP contribution in [0.4, 0.5) is 0 Å². The third-order valence-corrected chi connectivity index (χ3v) is 7.33. The number of phenols is 2. The van der Waals surface area contributed by atoms with Crippen molar-refractivity contribution in [2.75, 3.05) is 26.2 Å². The molecule has 0 radical (unpaired) electrons. The van der Waals surface area contributed by atoms with E-state index in [1.807, 2.05) is 24.3 Å². The van der Waals surface area contributed by atoms with Gasteiger partial charge in [-0.05, 0) is 109 Å². The summed E-state index contributed by atoms with van der Waals surface area (Å²) in [6, 6.07) is 21.3. The number of nitrogens with zero attached hydrogens (tertiary/aromatic N) is 1. The highest BCUT2D eigenvalue weighted by Crippen LogP contribution is 2.41. The van der Waals surface area contributed by atoms with Crippen molar-refractivity contribution in [1.82, 2.24) is 4.90 Å². The van der Waals surface area contributed by atoms with E-state index in [9.17, 15) is 10.2 Å². The monoisotopic (exact) mass is 481 g/mol. The average molecular weight is 482 g/mol. The molecular weight excluding hydrogens is 454 g/mol. The number of likely N-dealkylation sites (tertiary alicyclic amines) is 1. The van der Waals surface area contributed by atoms with Crippen LogP contribution in [-0.2, 0) is 6.42 Å². The van der Waals surface area contributed by atoms with E-state index in [1.165, 1.54) is 37.1 Å². The Morgan fingerprint density at radius 2 is 1.55 bits per heavy atom. The Morgan fingerprint density at radius 1 is 0.848 bits per heavy atom. The molecule has 0 amide bonds. The van der Waals surface area contributed by atoms with E-state index in [1.54, 1.807) is 29.5 Å². The number of aromatic hydroxyl groups is 2. The van der Waals surface area contributed by atoms with Gasteiger partial charge in [-0.1, -0.05) is 12.1 Å². The molecule has 0 aliphatic carbocycles. The summed E-state index contributed by atoms with van der Waals surface area (Å²) >= 11 is 1.67. The molecule has 1 fully saturated rings. The third-order valence-electron chi connectivity index (χ3n) is 6.09. The molecule has 1 aromatic heterocycles. The van der Waals surface area contributed by atoms with Crippen molar-refractivity contribution in [1.29, 1.82) is 0 Å². The van der Waals surface area contributed by atoms with Gasteiger partial charge in [0.05, 0.1) is 0 Å². The van der Waals surface area contributed by atoms with Crippen molar-refractivity contribution in [2.45, 2.75) is 19.3 Å². The fourth-order valence-electron chi connectivity index (χ4n) is 4.37. The summed E-state index contributed by atoms with van der Waals surface area (Å²) in [4.78, 5) is 3.62. The van der Waals surface area contributed by atoms with E-state index >= 15 is 0 Å². The molecule has 2 N–H and O–H groups in total.